The molecule has 2 heterocycles. The van der Waals surface area contributed by atoms with Gasteiger partial charge < -0.3 is 9.88 Å². The van der Waals surface area contributed by atoms with Crippen molar-refractivity contribution in [1.29, 1.82) is 0 Å². The lowest BCUT2D eigenvalue weighted by Gasteiger charge is -2.21. The number of fused-ring (bicyclic) bond motifs is 1. The Morgan fingerprint density at radius 3 is 3.15 bits per heavy atom. The molecule has 0 spiro atoms. The molecule has 1 N–H and O–H groups in total. The lowest BCUT2D eigenvalue weighted by molar-refractivity contribution is -0.104. The first kappa shape index (κ1) is 8.10. The summed E-state index contributed by atoms with van der Waals surface area (Å²) in [6.45, 7) is 3.94. The van der Waals surface area contributed by atoms with Crippen LogP contribution in [0.1, 0.15) is 11.4 Å². The van der Waals surface area contributed by atoms with E-state index in [1.807, 2.05) is 6.07 Å². The molecule has 0 saturated heterocycles. The number of aryl methyl sites for hydroxylation is 1. The Morgan fingerprint density at radius 2 is 2.38 bits per heavy atom. The molecule has 1 aliphatic heterocycles. The number of carbonyl (C=O) groups is 1. The molecule has 1 aliphatic rings. The molecule has 1 aromatic rings. The summed E-state index contributed by atoms with van der Waals surface area (Å²) >= 11 is 0. The van der Waals surface area contributed by atoms with E-state index >= 15 is 0 Å². The van der Waals surface area contributed by atoms with Gasteiger partial charge in [-0.05, 0) is 19.1 Å². The van der Waals surface area contributed by atoms with Crippen LogP contribution in [-0.2, 0) is 11.3 Å². The van der Waals surface area contributed by atoms with Crippen LogP contribution in [0.15, 0.2) is 18.2 Å². The molecule has 0 unspecified atom stereocenters. The average molecular weight is 176 g/mol. The highest BCUT2D eigenvalue weighted by atomic mass is 16.1. The number of hydrogen-bond acceptors (Lipinski definition) is 2. The minimum atomic E-state index is 0.820. The van der Waals surface area contributed by atoms with Gasteiger partial charge in [0.1, 0.15) is 6.29 Å². The first-order valence-corrected chi connectivity index (χ1v) is 4.39. The van der Waals surface area contributed by atoms with E-state index in [1.54, 1.807) is 6.08 Å². The van der Waals surface area contributed by atoms with Crippen molar-refractivity contribution < 1.29 is 4.79 Å². The van der Waals surface area contributed by atoms with Crippen LogP contribution in [0, 0.1) is 6.92 Å². The minimum absolute atomic E-state index is 0.820. The van der Waals surface area contributed by atoms with Crippen molar-refractivity contribution in [1.82, 2.24) is 9.88 Å². The number of carbonyl (C=O) groups excluding carboxylic acids is 1. The molecule has 0 fully saturated rings. The van der Waals surface area contributed by atoms with Gasteiger partial charge in [-0.15, -0.1) is 0 Å². The van der Waals surface area contributed by atoms with E-state index in [2.05, 4.69) is 22.9 Å². The molecule has 68 valence electrons. The second-order valence-electron chi connectivity index (χ2n) is 3.15. The van der Waals surface area contributed by atoms with E-state index in [9.17, 15) is 4.79 Å². The highest BCUT2D eigenvalue weighted by molar-refractivity contribution is 5.80. The molecule has 13 heavy (non-hydrogen) atoms. The molecule has 0 aliphatic carbocycles. The number of rotatable bonds is 1. The maximum Gasteiger partial charge on any atom is 0.144 e. The van der Waals surface area contributed by atoms with Crippen LogP contribution in [0.25, 0.3) is 5.70 Å². The summed E-state index contributed by atoms with van der Waals surface area (Å²) in [4.78, 5) is 10.4. The van der Waals surface area contributed by atoms with Crippen molar-refractivity contribution in [3.63, 3.8) is 0 Å². The van der Waals surface area contributed by atoms with Crippen LogP contribution in [-0.4, -0.2) is 17.4 Å². The fourth-order valence-corrected chi connectivity index (χ4v) is 1.71. The number of nitrogens with one attached hydrogen (secondary N) is 1. The smallest absolute Gasteiger partial charge is 0.144 e. The molecule has 0 atom stereocenters. The average Bonchev–Trinajstić information content (AvgIpc) is 2.50. The van der Waals surface area contributed by atoms with Crippen molar-refractivity contribution in [2.45, 2.75) is 13.5 Å². The van der Waals surface area contributed by atoms with Crippen LogP contribution in [0.4, 0.5) is 0 Å². The molecule has 1 aromatic heterocycles. The van der Waals surface area contributed by atoms with Crippen molar-refractivity contribution in [2.75, 3.05) is 6.54 Å². The minimum Gasteiger partial charge on any atom is -0.381 e. The second-order valence-corrected chi connectivity index (χ2v) is 3.15. The highest BCUT2D eigenvalue weighted by Gasteiger charge is 2.13. The summed E-state index contributed by atoms with van der Waals surface area (Å²) in [7, 11) is 0. The zero-order valence-corrected chi connectivity index (χ0v) is 7.58. The molecule has 3 nitrogen and oxygen atoms in total. The van der Waals surface area contributed by atoms with Crippen LogP contribution in [0.2, 0.25) is 0 Å². The SMILES string of the molecule is Cc1ccc2n1CCN/C2=C\C=O. The third-order valence-corrected chi connectivity index (χ3v) is 2.36. The van der Waals surface area contributed by atoms with Gasteiger partial charge in [0, 0.05) is 24.9 Å². The third-order valence-electron chi connectivity index (χ3n) is 2.36. The van der Waals surface area contributed by atoms with Gasteiger partial charge in [-0.3, -0.25) is 4.79 Å². The van der Waals surface area contributed by atoms with E-state index in [0.29, 0.717) is 0 Å². The molecule has 0 radical (unpaired) electrons. The first-order chi connectivity index (χ1) is 6.33. The Bertz CT molecular complexity index is 363. The van der Waals surface area contributed by atoms with E-state index in [0.717, 1.165) is 30.8 Å². The molecule has 0 bridgehead atoms. The van der Waals surface area contributed by atoms with Crippen LogP contribution < -0.4 is 5.32 Å². The fourth-order valence-electron chi connectivity index (χ4n) is 1.71. The van der Waals surface area contributed by atoms with Gasteiger partial charge in [-0.1, -0.05) is 0 Å². The number of aromatic nitrogens is 1. The molecular weight excluding hydrogens is 164 g/mol. The normalized spacial score (nSPS) is 18.1. The van der Waals surface area contributed by atoms with Gasteiger partial charge >= 0.3 is 0 Å². The highest BCUT2D eigenvalue weighted by Crippen LogP contribution is 2.18. The Balaban J connectivity index is 2.49. The van der Waals surface area contributed by atoms with Crippen LogP contribution in [0.5, 0.6) is 0 Å². The van der Waals surface area contributed by atoms with Gasteiger partial charge in [0.15, 0.2) is 0 Å². The Hall–Kier alpha value is -1.51. The molecule has 0 saturated carbocycles. The fraction of sp³-hybridized carbons (Fsp3) is 0.300. The predicted molar refractivity (Wildman–Crippen MR) is 51.2 cm³/mol. The second kappa shape index (κ2) is 3.09. The van der Waals surface area contributed by atoms with Gasteiger partial charge in [0.25, 0.3) is 0 Å². The van der Waals surface area contributed by atoms with Gasteiger partial charge in [0.05, 0.1) is 11.4 Å². The summed E-state index contributed by atoms with van der Waals surface area (Å²) in [6, 6.07) is 4.11. The van der Waals surface area contributed by atoms with E-state index in [4.69, 9.17) is 0 Å². The molecule has 3 heteroatoms. The van der Waals surface area contributed by atoms with Gasteiger partial charge in [-0.25, -0.2) is 0 Å². The van der Waals surface area contributed by atoms with Gasteiger partial charge in [-0.2, -0.15) is 0 Å². The van der Waals surface area contributed by atoms with Gasteiger partial charge in [0.2, 0.25) is 0 Å². The third kappa shape index (κ3) is 1.26. The topological polar surface area (TPSA) is 34.0 Å². The summed E-state index contributed by atoms with van der Waals surface area (Å²) in [5.74, 6) is 0. The molecule has 2 rings (SSSR count). The van der Waals surface area contributed by atoms with Crippen molar-refractivity contribution >= 4 is 12.0 Å². The summed E-state index contributed by atoms with van der Waals surface area (Å²) in [6.07, 6.45) is 2.39. The predicted octanol–water partition coefficient (Wildman–Crippen LogP) is 0.940. The zero-order chi connectivity index (χ0) is 9.26. The molecule has 0 amide bonds. The standard InChI is InChI=1S/C10H12N2O/c1-8-2-3-10-9(4-7-13)11-5-6-12(8)10/h2-4,7,11H,5-6H2,1H3/b9-4-. The summed E-state index contributed by atoms with van der Waals surface area (Å²) < 4.78 is 2.21. The van der Waals surface area contributed by atoms with E-state index in [1.165, 1.54) is 5.69 Å². The number of nitrogens with zero attached hydrogens (tertiary/aromatic N) is 1. The quantitative estimate of drug-likeness (QED) is 0.510. The number of hydrogen-bond donors (Lipinski definition) is 1. The Labute approximate surface area is 77.1 Å². The van der Waals surface area contributed by atoms with Crippen molar-refractivity contribution in [3.05, 3.63) is 29.6 Å². The first-order valence-electron chi connectivity index (χ1n) is 4.39. The monoisotopic (exact) mass is 176 g/mol. The Kier molecular flexibility index (Phi) is 1.93. The van der Waals surface area contributed by atoms with E-state index in [-0.39, 0.29) is 0 Å². The van der Waals surface area contributed by atoms with Crippen LogP contribution in [0.3, 0.4) is 0 Å². The summed E-state index contributed by atoms with van der Waals surface area (Å²) in [5, 5.41) is 3.20. The maximum atomic E-state index is 10.4. The summed E-state index contributed by atoms with van der Waals surface area (Å²) in [5.41, 5.74) is 3.28. The molecule has 0 aromatic carbocycles. The van der Waals surface area contributed by atoms with E-state index < -0.39 is 0 Å². The van der Waals surface area contributed by atoms with Crippen LogP contribution >= 0.6 is 0 Å². The maximum absolute atomic E-state index is 10.4. The van der Waals surface area contributed by atoms with Crippen molar-refractivity contribution in [3.8, 4) is 0 Å². The van der Waals surface area contributed by atoms with Crippen molar-refractivity contribution in [2.24, 2.45) is 0 Å². The largest absolute Gasteiger partial charge is 0.381 e. The lowest BCUT2D eigenvalue weighted by atomic mass is 10.2. The number of allylic oxidation sites excluding steroid dienone is 1. The number of aldehydes is 1. The molecular formula is C10H12N2O. The zero-order valence-electron chi connectivity index (χ0n) is 7.58. The Morgan fingerprint density at radius 1 is 1.54 bits per heavy atom. The lowest BCUT2D eigenvalue weighted by Crippen LogP contribution is -2.27.